The molecule has 0 aromatic heterocycles. The van der Waals surface area contributed by atoms with Crippen LogP contribution in [-0.2, 0) is 11.3 Å². The Morgan fingerprint density at radius 1 is 1.27 bits per heavy atom. The van der Waals surface area contributed by atoms with E-state index in [9.17, 15) is 0 Å². The SMILES string of the molecule is C/C=C(\CCCC)OCc1ccccc1. The molecule has 0 fully saturated rings. The molecule has 1 aromatic carbocycles. The molecule has 0 spiro atoms. The van der Waals surface area contributed by atoms with Crippen LogP contribution in [0.15, 0.2) is 42.2 Å². The van der Waals surface area contributed by atoms with Crippen LogP contribution in [0.2, 0.25) is 0 Å². The molecular weight excluding hydrogens is 184 g/mol. The van der Waals surface area contributed by atoms with Crippen molar-refractivity contribution in [2.45, 2.75) is 39.7 Å². The molecule has 1 nitrogen and oxygen atoms in total. The molecule has 0 aliphatic rings. The zero-order chi connectivity index (χ0) is 10.9. The highest BCUT2D eigenvalue weighted by atomic mass is 16.5. The summed E-state index contributed by atoms with van der Waals surface area (Å²) < 4.78 is 5.74. The van der Waals surface area contributed by atoms with Crippen LogP contribution in [-0.4, -0.2) is 0 Å². The highest BCUT2D eigenvalue weighted by Crippen LogP contribution is 2.11. The lowest BCUT2D eigenvalue weighted by Gasteiger charge is -2.09. The summed E-state index contributed by atoms with van der Waals surface area (Å²) in [5.74, 6) is 1.11. The average molecular weight is 204 g/mol. The predicted octanol–water partition coefficient (Wildman–Crippen LogP) is 4.30. The lowest BCUT2D eigenvalue weighted by Crippen LogP contribution is -1.93. The Bertz CT molecular complexity index is 287. The van der Waals surface area contributed by atoms with Gasteiger partial charge in [-0.05, 0) is 25.0 Å². The maximum absolute atomic E-state index is 5.74. The third kappa shape index (κ3) is 4.68. The van der Waals surface area contributed by atoms with E-state index in [1.165, 1.54) is 18.4 Å². The standard InChI is InChI=1S/C14H20O/c1-3-5-11-14(4-2)15-12-13-9-7-6-8-10-13/h4,6-10H,3,5,11-12H2,1-2H3/b14-4+. The highest BCUT2D eigenvalue weighted by Gasteiger charge is 1.97. The van der Waals surface area contributed by atoms with Gasteiger partial charge in [0.25, 0.3) is 0 Å². The molecule has 0 amide bonds. The van der Waals surface area contributed by atoms with E-state index in [2.05, 4.69) is 25.1 Å². The van der Waals surface area contributed by atoms with Gasteiger partial charge in [0.1, 0.15) is 6.61 Å². The first-order chi connectivity index (χ1) is 7.36. The van der Waals surface area contributed by atoms with Crippen LogP contribution >= 0.6 is 0 Å². The molecule has 15 heavy (non-hydrogen) atoms. The van der Waals surface area contributed by atoms with Crippen molar-refractivity contribution in [2.24, 2.45) is 0 Å². The monoisotopic (exact) mass is 204 g/mol. The third-order valence-electron chi connectivity index (χ3n) is 2.37. The lowest BCUT2D eigenvalue weighted by molar-refractivity contribution is 0.187. The van der Waals surface area contributed by atoms with E-state index in [1.807, 2.05) is 25.1 Å². The molecule has 0 saturated carbocycles. The van der Waals surface area contributed by atoms with Gasteiger partial charge in [-0.1, -0.05) is 43.7 Å². The first kappa shape index (κ1) is 11.8. The van der Waals surface area contributed by atoms with Gasteiger partial charge in [-0.3, -0.25) is 0 Å². The van der Waals surface area contributed by atoms with Gasteiger partial charge in [-0.2, -0.15) is 0 Å². The van der Waals surface area contributed by atoms with E-state index in [0.717, 1.165) is 12.2 Å². The van der Waals surface area contributed by atoms with Gasteiger partial charge in [0.05, 0.1) is 5.76 Å². The zero-order valence-electron chi connectivity index (χ0n) is 9.70. The number of ether oxygens (including phenoxy) is 1. The highest BCUT2D eigenvalue weighted by molar-refractivity contribution is 5.13. The van der Waals surface area contributed by atoms with Gasteiger partial charge in [0.15, 0.2) is 0 Å². The largest absolute Gasteiger partial charge is 0.494 e. The summed E-state index contributed by atoms with van der Waals surface area (Å²) in [5, 5.41) is 0. The predicted molar refractivity (Wildman–Crippen MR) is 64.5 cm³/mol. The Morgan fingerprint density at radius 2 is 2.00 bits per heavy atom. The van der Waals surface area contributed by atoms with Gasteiger partial charge in [-0.25, -0.2) is 0 Å². The molecule has 1 aromatic rings. The van der Waals surface area contributed by atoms with Crippen LogP contribution in [0.5, 0.6) is 0 Å². The zero-order valence-corrected chi connectivity index (χ0v) is 9.70. The summed E-state index contributed by atoms with van der Waals surface area (Å²) in [6.07, 6.45) is 5.54. The summed E-state index contributed by atoms with van der Waals surface area (Å²) >= 11 is 0. The normalized spacial score (nSPS) is 11.5. The van der Waals surface area contributed by atoms with Gasteiger partial charge in [0.2, 0.25) is 0 Å². The molecule has 0 radical (unpaired) electrons. The van der Waals surface area contributed by atoms with E-state index in [4.69, 9.17) is 4.74 Å². The van der Waals surface area contributed by atoms with Crippen molar-refractivity contribution in [3.63, 3.8) is 0 Å². The smallest absolute Gasteiger partial charge is 0.113 e. The number of unbranched alkanes of at least 4 members (excludes halogenated alkanes) is 1. The molecule has 0 heterocycles. The number of rotatable bonds is 6. The van der Waals surface area contributed by atoms with E-state index >= 15 is 0 Å². The number of hydrogen-bond donors (Lipinski definition) is 0. The lowest BCUT2D eigenvalue weighted by atomic mass is 10.2. The fourth-order valence-corrected chi connectivity index (χ4v) is 1.40. The Hall–Kier alpha value is -1.24. The second kappa shape index (κ2) is 7.10. The first-order valence-corrected chi connectivity index (χ1v) is 5.68. The molecule has 1 heteroatoms. The summed E-state index contributed by atoms with van der Waals surface area (Å²) in [7, 11) is 0. The molecule has 0 unspecified atom stereocenters. The quantitative estimate of drug-likeness (QED) is 0.628. The fourth-order valence-electron chi connectivity index (χ4n) is 1.40. The topological polar surface area (TPSA) is 9.23 Å². The number of benzene rings is 1. The summed E-state index contributed by atoms with van der Waals surface area (Å²) in [5.41, 5.74) is 1.23. The van der Waals surface area contributed by atoms with E-state index in [-0.39, 0.29) is 0 Å². The van der Waals surface area contributed by atoms with E-state index < -0.39 is 0 Å². The maximum Gasteiger partial charge on any atom is 0.113 e. The fraction of sp³-hybridized carbons (Fsp3) is 0.429. The summed E-state index contributed by atoms with van der Waals surface area (Å²) in [6.45, 7) is 4.92. The molecule has 0 N–H and O–H groups in total. The van der Waals surface area contributed by atoms with Crippen LogP contribution in [0.3, 0.4) is 0 Å². The van der Waals surface area contributed by atoms with Gasteiger partial charge < -0.3 is 4.74 Å². The van der Waals surface area contributed by atoms with E-state index in [0.29, 0.717) is 6.61 Å². The van der Waals surface area contributed by atoms with Crippen molar-refractivity contribution in [2.75, 3.05) is 0 Å². The summed E-state index contributed by atoms with van der Waals surface area (Å²) in [4.78, 5) is 0. The van der Waals surface area contributed by atoms with Crippen LogP contribution < -0.4 is 0 Å². The molecule has 0 aliphatic carbocycles. The number of hydrogen-bond acceptors (Lipinski definition) is 1. The average Bonchev–Trinajstić information content (AvgIpc) is 2.31. The van der Waals surface area contributed by atoms with Gasteiger partial charge in [-0.15, -0.1) is 0 Å². The van der Waals surface area contributed by atoms with Crippen molar-refractivity contribution in [3.05, 3.63) is 47.7 Å². The Labute approximate surface area is 92.8 Å². The molecule has 1 rings (SSSR count). The van der Waals surface area contributed by atoms with E-state index in [1.54, 1.807) is 0 Å². The van der Waals surface area contributed by atoms with Crippen molar-refractivity contribution in [1.29, 1.82) is 0 Å². The molecule has 0 aliphatic heterocycles. The second-order valence-corrected chi connectivity index (χ2v) is 3.63. The Kier molecular flexibility index (Phi) is 5.60. The minimum absolute atomic E-state index is 0.685. The first-order valence-electron chi connectivity index (χ1n) is 5.68. The second-order valence-electron chi connectivity index (χ2n) is 3.63. The van der Waals surface area contributed by atoms with Crippen molar-refractivity contribution in [1.82, 2.24) is 0 Å². The Morgan fingerprint density at radius 3 is 2.60 bits per heavy atom. The van der Waals surface area contributed by atoms with Crippen LogP contribution in [0, 0.1) is 0 Å². The van der Waals surface area contributed by atoms with Crippen LogP contribution in [0.1, 0.15) is 38.7 Å². The molecule has 0 atom stereocenters. The molecule has 0 saturated heterocycles. The van der Waals surface area contributed by atoms with Gasteiger partial charge >= 0.3 is 0 Å². The number of allylic oxidation sites excluding steroid dienone is 2. The van der Waals surface area contributed by atoms with Gasteiger partial charge in [0, 0.05) is 6.42 Å². The maximum atomic E-state index is 5.74. The molecule has 82 valence electrons. The van der Waals surface area contributed by atoms with Crippen molar-refractivity contribution in [3.8, 4) is 0 Å². The summed E-state index contributed by atoms with van der Waals surface area (Å²) in [6, 6.07) is 10.3. The Balaban J connectivity index is 2.35. The van der Waals surface area contributed by atoms with Crippen LogP contribution in [0.25, 0.3) is 0 Å². The van der Waals surface area contributed by atoms with Crippen molar-refractivity contribution >= 4 is 0 Å². The van der Waals surface area contributed by atoms with Crippen molar-refractivity contribution < 1.29 is 4.74 Å². The minimum atomic E-state index is 0.685. The third-order valence-corrected chi connectivity index (χ3v) is 2.37. The minimum Gasteiger partial charge on any atom is -0.494 e. The molecule has 0 bridgehead atoms. The molecular formula is C14H20O. The van der Waals surface area contributed by atoms with Crippen LogP contribution in [0.4, 0.5) is 0 Å².